The van der Waals surface area contributed by atoms with Crippen LogP contribution >= 0.6 is 12.4 Å². The molecule has 0 aromatic heterocycles. The number of nitrogens with two attached hydrogens (primary N) is 1. The van der Waals surface area contributed by atoms with Gasteiger partial charge in [0.25, 0.3) is 0 Å². The standard InChI is InChI=1S/C14H19FN2.ClH/c15-12-3-1-2-10(6-12)7-17-8-11-4-5-14(16)13(11)9-17;/h1-3,6,11,13-14H,4-5,7-9,16H2;1H. The van der Waals surface area contributed by atoms with Crippen LogP contribution in [0, 0.1) is 17.7 Å². The molecule has 1 aromatic rings. The fraction of sp³-hybridized carbons (Fsp3) is 0.571. The van der Waals surface area contributed by atoms with Crippen molar-refractivity contribution in [1.29, 1.82) is 0 Å². The van der Waals surface area contributed by atoms with Gasteiger partial charge >= 0.3 is 0 Å². The summed E-state index contributed by atoms with van der Waals surface area (Å²) in [6.07, 6.45) is 2.45. The molecule has 3 atom stereocenters. The predicted molar refractivity (Wildman–Crippen MR) is 73.1 cm³/mol. The minimum absolute atomic E-state index is 0. The van der Waals surface area contributed by atoms with E-state index in [2.05, 4.69) is 4.90 Å². The van der Waals surface area contributed by atoms with Gasteiger partial charge in [0, 0.05) is 25.7 Å². The predicted octanol–water partition coefficient (Wildman–Crippen LogP) is 2.42. The van der Waals surface area contributed by atoms with E-state index in [1.165, 1.54) is 18.9 Å². The van der Waals surface area contributed by atoms with E-state index in [-0.39, 0.29) is 18.2 Å². The van der Waals surface area contributed by atoms with Crippen LogP contribution in [0.15, 0.2) is 24.3 Å². The van der Waals surface area contributed by atoms with Crippen LogP contribution in [0.2, 0.25) is 0 Å². The molecule has 0 radical (unpaired) electrons. The Morgan fingerprint density at radius 2 is 2.11 bits per heavy atom. The molecule has 0 amide bonds. The smallest absolute Gasteiger partial charge is 0.123 e. The average Bonchev–Trinajstić information content (AvgIpc) is 2.82. The maximum atomic E-state index is 13.1. The summed E-state index contributed by atoms with van der Waals surface area (Å²) in [4.78, 5) is 2.42. The van der Waals surface area contributed by atoms with Crippen LogP contribution in [-0.4, -0.2) is 24.0 Å². The molecule has 1 heterocycles. The molecule has 1 aromatic carbocycles. The van der Waals surface area contributed by atoms with Crippen molar-refractivity contribution in [2.24, 2.45) is 17.6 Å². The van der Waals surface area contributed by atoms with Crippen molar-refractivity contribution >= 4 is 12.4 Å². The molecular weight excluding hydrogens is 251 g/mol. The van der Waals surface area contributed by atoms with Crippen molar-refractivity contribution in [3.63, 3.8) is 0 Å². The molecule has 2 nitrogen and oxygen atoms in total. The van der Waals surface area contributed by atoms with Crippen molar-refractivity contribution in [1.82, 2.24) is 4.90 Å². The van der Waals surface area contributed by atoms with Gasteiger partial charge in [0.15, 0.2) is 0 Å². The van der Waals surface area contributed by atoms with Crippen molar-refractivity contribution < 1.29 is 4.39 Å². The quantitative estimate of drug-likeness (QED) is 0.894. The molecule has 2 aliphatic rings. The van der Waals surface area contributed by atoms with E-state index in [4.69, 9.17) is 5.73 Å². The van der Waals surface area contributed by atoms with E-state index >= 15 is 0 Å². The summed E-state index contributed by atoms with van der Waals surface area (Å²) in [6.45, 7) is 3.08. The zero-order valence-corrected chi connectivity index (χ0v) is 11.2. The first-order valence-corrected chi connectivity index (χ1v) is 6.45. The fourth-order valence-corrected chi connectivity index (χ4v) is 3.42. The van der Waals surface area contributed by atoms with Gasteiger partial charge in [0.1, 0.15) is 5.82 Å². The van der Waals surface area contributed by atoms with E-state index in [0.717, 1.165) is 31.1 Å². The summed E-state index contributed by atoms with van der Waals surface area (Å²) >= 11 is 0. The summed E-state index contributed by atoms with van der Waals surface area (Å²) in [5.41, 5.74) is 7.18. The lowest BCUT2D eigenvalue weighted by molar-refractivity contribution is 0.298. The topological polar surface area (TPSA) is 29.3 Å². The Kier molecular flexibility index (Phi) is 4.25. The lowest BCUT2D eigenvalue weighted by atomic mass is 9.98. The Bertz CT molecular complexity index is 413. The maximum Gasteiger partial charge on any atom is 0.123 e. The highest BCUT2D eigenvalue weighted by Crippen LogP contribution is 2.37. The zero-order valence-electron chi connectivity index (χ0n) is 10.4. The van der Waals surface area contributed by atoms with E-state index in [1.807, 2.05) is 6.07 Å². The molecule has 1 aliphatic heterocycles. The first-order chi connectivity index (χ1) is 8.22. The molecular formula is C14H20ClFN2. The third-order valence-corrected chi connectivity index (χ3v) is 4.28. The third kappa shape index (κ3) is 2.68. The Labute approximate surface area is 114 Å². The van der Waals surface area contributed by atoms with Crippen LogP contribution in [0.25, 0.3) is 0 Å². The fourth-order valence-electron chi connectivity index (χ4n) is 3.42. The third-order valence-electron chi connectivity index (χ3n) is 4.28. The Balaban J connectivity index is 0.00000120. The maximum absolute atomic E-state index is 13.1. The van der Waals surface area contributed by atoms with E-state index in [9.17, 15) is 4.39 Å². The monoisotopic (exact) mass is 270 g/mol. The van der Waals surface area contributed by atoms with Gasteiger partial charge in [-0.3, -0.25) is 4.90 Å². The van der Waals surface area contributed by atoms with Gasteiger partial charge in [0.05, 0.1) is 0 Å². The number of halogens is 2. The molecule has 1 saturated carbocycles. The van der Waals surface area contributed by atoms with Crippen molar-refractivity contribution in [3.8, 4) is 0 Å². The van der Waals surface area contributed by atoms with Crippen LogP contribution in [0.5, 0.6) is 0 Å². The van der Waals surface area contributed by atoms with Gasteiger partial charge in [-0.25, -0.2) is 4.39 Å². The van der Waals surface area contributed by atoms with Gasteiger partial charge in [0.2, 0.25) is 0 Å². The molecule has 18 heavy (non-hydrogen) atoms. The van der Waals surface area contributed by atoms with Gasteiger partial charge in [-0.05, 0) is 42.4 Å². The number of hydrogen-bond donors (Lipinski definition) is 1. The molecule has 3 unspecified atom stereocenters. The lowest BCUT2D eigenvalue weighted by Crippen LogP contribution is -2.30. The van der Waals surface area contributed by atoms with Crippen LogP contribution < -0.4 is 5.73 Å². The summed E-state index contributed by atoms with van der Waals surface area (Å²) in [6, 6.07) is 7.30. The first-order valence-electron chi connectivity index (χ1n) is 6.45. The SMILES string of the molecule is Cl.NC1CCC2CN(Cc3cccc(F)c3)CC12. The molecule has 0 spiro atoms. The van der Waals surface area contributed by atoms with Crippen LogP contribution in [-0.2, 0) is 6.54 Å². The number of likely N-dealkylation sites (tertiary alicyclic amines) is 1. The van der Waals surface area contributed by atoms with Crippen LogP contribution in [0.3, 0.4) is 0 Å². The molecule has 3 rings (SSSR count). The van der Waals surface area contributed by atoms with Crippen molar-refractivity contribution in [2.75, 3.05) is 13.1 Å². The molecule has 2 fully saturated rings. The number of rotatable bonds is 2. The van der Waals surface area contributed by atoms with E-state index in [0.29, 0.717) is 12.0 Å². The summed E-state index contributed by atoms with van der Waals surface area (Å²) in [5, 5.41) is 0. The summed E-state index contributed by atoms with van der Waals surface area (Å²) in [5.74, 6) is 1.31. The number of nitrogens with zero attached hydrogens (tertiary/aromatic N) is 1. The second-order valence-electron chi connectivity index (χ2n) is 5.49. The largest absolute Gasteiger partial charge is 0.327 e. The second kappa shape index (κ2) is 5.55. The molecule has 4 heteroatoms. The highest BCUT2D eigenvalue weighted by molar-refractivity contribution is 5.85. The highest BCUT2D eigenvalue weighted by atomic mass is 35.5. The van der Waals surface area contributed by atoms with E-state index < -0.39 is 0 Å². The molecule has 1 aliphatic carbocycles. The Hall–Kier alpha value is -0.640. The number of fused-ring (bicyclic) bond motifs is 1. The second-order valence-corrected chi connectivity index (χ2v) is 5.49. The van der Waals surface area contributed by atoms with Gasteiger partial charge in [-0.1, -0.05) is 12.1 Å². The minimum atomic E-state index is -0.140. The highest BCUT2D eigenvalue weighted by Gasteiger charge is 2.40. The minimum Gasteiger partial charge on any atom is -0.327 e. The van der Waals surface area contributed by atoms with E-state index in [1.54, 1.807) is 12.1 Å². The average molecular weight is 271 g/mol. The lowest BCUT2D eigenvalue weighted by Gasteiger charge is -2.18. The first kappa shape index (κ1) is 13.8. The summed E-state index contributed by atoms with van der Waals surface area (Å²) in [7, 11) is 0. The summed E-state index contributed by atoms with van der Waals surface area (Å²) < 4.78 is 13.1. The zero-order chi connectivity index (χ0) is 11.8. The van der Waals surface area contributed by atoms with Gasteiger partial charge in [-0.2, -0.15) is 0 Å². The number of hydrogen-bond acceptors (Lipinski definition) is 2. The van der Waals surface area contributed by atoms with Crippen LogP contribution in [0.4, 0.5) is 4.39 Å². The molecule has 0 bridgehead atoms. The van der Waals surface area contributed by atoms with Crippen molar-refractivity contribution in [2.45, 2.75) is 25.4 Å². The normalized spacial score (nSPS) is 31.1. The Morgan fingerprint density at radius 3 is 2.83 bits per heavy atom. The van der Waals surface area contributed by atoms with Crippen molar-refractivity contribution in [3.05, 3.63) is 35.6 Å². The van der Waals surface area contributed by atoms with Gasteiger partial charge in [-0.15, -0.1) is 12.4 Å². The molecule has 2 N–H and O–H groups in total. The molecule has 1 saturated heterocycles. The molecule has 100 valence electrons. The van der Waals surface area contributed by atoms with Crippen LogP contribution in [0.1, 0.15) is 18.4 Å². The number of benzene rings is 1. The van der Waals surface area contributed by atoms with Gasteiger partial charge < -0.3 is 5.73 Å². The Morgan fingerprint density at radius 1 is 1.28 bits per heavy atom.